The van der Waals surface area contributed by atoms with Gasteiger partial charge in [-0.1, -0.05) is 33.1 Å². The second-order valence-corrected chi connectivity index (χ2v) is 6.44. The van der Waals surface area contributed by atoms with Gasteiger partial charge in [-0.3, -0.25) is 0 Å². The van der Waals surface area contributed by atoms with Crippen LogP contribution in [0.15, 0.2) is 0 Å². The topological polar surface area (TPSA) is 44.0 Å². The lowest BCUT2D eigenvalue weighted by Crippen LogP contribution is -2.49. The molecule has 0 heterocycles. The number of nitriles is 1. The van der Waals surface area contributed by atoms with Crippen LogP contribution < -0.4 is 0 Å². The Balaban J connectivity index is 2.21. The summed E-state index contributed by atoms with van der Waals surface area (Å²) in [7, 11) is 0. The molecule has 2 nitrogen and oxygen atoms in total. The molecule has 4 atom stereocenters. The van der Waals surface area contributed by atoms with E-state index in [2.05, 4.69) is 19.9 Å². The van der Waals surface area contributed by atoms with E-state index in [1.54, 1.807) is 0 Å². The first kappa shape index (κ1) is 12.9. The highest BCUT2D eigenvalue weighted by Gasteiger charge is 2.55. The van der Waals surface area contributed by atoms with Crippen molar-refractivity contribution in [3.8, 4) is 6.07 Å². The van der Waals surface area contributed by atoms with Crippen LogP contribution in [0.5, 0.6) is 0 Å². The Morgan fingerprint density at radius 2 is 2.06 bits per heavy atom. The molecule has 2 aliphatic carbocycles. The molecule has 17 heavy (non-hydrogen) atoms. The summed E-state index contributed by atoms with van der Waals surface area (Å²) in [6, 6.07) is 2.51. The van der Waals surface area contributed by atoms with E-state index in [1.807, 2.05) is 0 Å². The zero-order valence-electron chi connectivity index (χ0n) is 11.2. The fourth-order valence-corrected chi connectivity index (χ4v) is 4.07. The molecule has 2 fully saturated rings. The first-order valence-electron chi connectivity index (χ1n) is 7.19. The van der Waals surface area contributed by atoms with Gasteiger partial charge in [0.1, 0.15) is 0 Å². The van der Waals surface area contributed by atoms with Crippen LogP contribution in [0.2, 0.25) is 0 Å². The van der Waals surface area contributed by atoms with Gasteiger partial charge in [0.2, 0.25) is 0 Å². The highest BCUT2D eigenvalue weighted by atomic mass is 16.3. The minimum absolute atomic E-state index is 0.444. The molecular formula is C15H25NO. The number of nitrogens with zero attached hydrogens (tertiary/aromatic N) is 1. The van der Waals surface area contributed by atoms with Crippen LogP contribution in [-0.4, -0.2) is 10.7 Å². The lowest BCUT2D eigenvalue weighted by molar-refractivity contribution is -0.0957. The van der Waals surface area contributed by atoms with Gasteiger partial charge in [-0.15, -0.1) is 0 Å². The first-order valence-corrected chi connectivity index (χ1v) is 7.19. The van der Waals surface area contributed by atoms with Gasteiger partial charge < -0.3 is 5.11 Å². The van der Waals surface area contributed by atoms with Gasteiger partial charge in [0.15, 0.2) is 0 Å². The van der Waals surface area contributed by atoms with Gasteiger partial charge in [-0.05, 0) is 43.9 Å². The monoisotopic (exact) mass is 235 g/mol. The standard InChI is InChI=1S/C15H25NO/c1-3-13-5-4-7-15(17,10-13)14(11-16)8-6-12(2)9-14/h12-13,17H,3-10H2,1-2H3. The Hall–Kier alpha value is -0.550. The van der Waals surface area contributed by atoms with Crippen molar-refractivity contribution in [1.29, 1.82) is 5.26 Å². The third-order valence-corrected chi connectivity index (χ3v) is 5.27. The van der Waals surface area contributed by atoms with Crippen molar-refractivity contribution in [2.75, 3.05) is 0 Å². The Bertz CT molecular complexity index is 321. The van der Waals surface area contributed by atoms with Gasteiger partial charge in [-0.25, -0.2) is 0 Å². The maximum absolute atomic E-state index is 11.0. The van der Waals surface area contributed by atoms with Crippen molar-refractivity contribution in [2.45, 2.75) is 70.8 Å². The van der Waals surface area contributed by atoms with E-state index in [4.69, 9.17) is 0 Å². The maximum atomic E-state index is 11.0. The summed E-state index contributed by atoms with van der Waals surface area (Å²) in [5.74, 6) is 1.22. The summed E-state index contributed by atoms with van der Waals surface area (Å²) in [6.45, 7) is 4.41. The van der Waals surface area contributed by atoms with Gasteiger partial charge in [0, 0.05) is 0 Å². The van der Waals surface area contributed by atoms with Crippen molar-refractivity contribution >= 4 is 0 Å². The van der Waals surface area contributed by atoms with Crippen LogP contribution in [0.25, 0.3) is 0 Å². The van der Waals surface area contributed by atoms with Crippen LogP contribution in [0.4, 0.5) is 0 Å². The fraction of sp³-hybridized carbons (Fsp3) is 0.933. The number of aliphatic hydroxyl groups is 1. The molecule has 2 rings (SSSR count). The normalized spacial score (nSPS) is 46.7. The van der Waals surface area contributed by atoms with Crippen LogP contribution in [0, 0.1) is 28.6 Å². The highest BCUT2D eigenvalue weighted by molar-refractivity contribution is 5.15. The summed E-state index contributed by atoms with van der Waals surface area (Å²) < 4.78 is 0. The predicted molar refractivity (Wildman–Crippen MR) is 68.3 cm³/mol. The van der Waals surface area contributed by atoms with Crippen LogP contribution in [0.3, 0.4) is 0 Å². The zero-order valence-corrected chi connectivity index (χ0v) is 11.2. The molecule has 2 saturated carbocycles. The SMILES string of the molecule is CCC1CCCC(O)(C2(C#N)CCC(C)C2)C1. The average Bonchev–Trinajstić information content (AvgIpc) is 2.73. The van der Waals surface area contributed by atoms with Gasteiger partial charge in [0.25, 0.3) is 0 Å². The fourth-order valence-electron chi connectivity index (χ4n) is 4.07. The minimum atomic E-state index is -0.703. The van der Waals surface area contributed by atoms with E-state index in [9.17, 15) is 10.4 Å². The first-order chi connectivity index (χ1) is 8.05. The number of rotatable bonds is 2. The van der Waals surface area contributed by atoms with E-state index >= 15 is 0 Å². The van der Waals surface area contributed by atoms with Gasteiger partial charge in [-0.2, -0.15) is 5.26 Å². The van der Waals surface area contributed by atoms with Crippen LogP contribution in [-0.2, 0) is 0 Å². The molecule has 2 aliphatic rings. The summed E-state index contributed by atoms with van der Waals surface area (Å²) in [5, 5.41) is 20.6. The molecule has 0 aliphatic heterocycles. The van der Waals surface area contributed by atoms with E-state index < -0.39 is 11.0 Å². The van der Waals surface area contributed by atoms with Crippen molar-refractivity contribution in [3.05, 3.63) is 0 Å². The Morgan fingerprint density at radius 1 is 1.29 bits per heavy atom. The molecule has 4 unspecified atom stereocenters. The Morgan fingerprint density at radius 3 is 2.59 bits per heavy atom. The third-order valence-electron chi connectivity index (χ3n) is 5.27. The summed E-state index contributed by atoms with van der Waals surface area (Å²) in [4.78, 5) is 0. The smallest absolute Gasteiger partial charge is 0.0863 e. The lowest BCUT2D eigenvalue weighted by atomic mass is 9.62. The maximum Gasteiger partial charge on any atom is 0.0863 e. The summed E-state index contributed by atoms with van der Waals surface area (Å²) in [5.41, 5.74) is -1.15. The predicted octanol–water partition coefficient (Wildman–Crippen LogP) is 3.65. The average molecular weight is 235 g/mol. The lowest BCUT2D eigenvalue weighted by Gasteiger charge is -2.45. The molecular weight excluding hydrogens is 210 g/mol. The Labute approximate surface area is 105 Å². The quantitative estimate of drug-likeness (QED) is 0.794. The number of hydrogen-bond donors (Lipinski definition) is 1. The zero-order chi connectivity index (χ0) is 12.5. The molecule has 0 amide bonds. The minimum Gasteiger partial charge on any atom is -0.388 e. The van der Waals surface area contributed by atoms with E-state index in [0.29, 0.717) is 11.8 Å². The largest absolute Gasteiger partial charge is 0.388 e. The summed E-state index contributed by atoms with van der Waals surface area (Å²) in [6.07, 6.45) is 8.05. The molecule has 0 spiro atoms. The van der Waals surface area contributed by atoms with E-state index in [1.165, 1.54) is 6.42 Å². The second kappa shape index (κ2) is 4.61. The molecule has 0 aromatic rings. The van der Waals surface area contributed by atoms with Crippen molar-refractivity contribution in [1.82, 2.24) is 0 Å². The molecule has 2 heteroatoms. The molecule has 1 N–H and O–H groups in total. The van der Waals surface area contributed by atoms with Crippen LogP contribution in [0.1, 0.15) is 65.2 Å². The second-order valence-electron chi connectivity index (χ2n) is 6.44. The molecule has 0 radical (unpaired) electrons. The molecule has 0 aromatic heterocycles. The summed E-state index contributed by atoms with van der Waals surface area (Å²) >= 11 is 0. The third kappa shape index (κ3) is 2.10. The van der Waals surface area contributed by atoms with E-state index in [-0.39, 0.29) is 0 Å². The Kier molecular flexibility index (Phi) is 3.50. The van der Waals surface area contributed by atoms with Crippen LogP contribution >= 0.6 is 0 Å². The van der Waals surface area contributed by atoms with Crippen molar-refractivity contribution in [2.24, 2.45) is 17.3 Å². The van der Waals surface area contributed by atoms with Gasteiger partial charge in [0.05, 0.1) is 17.1 Å². The highest BCUT2D eigenvalue weighted by Crippen LogP contribution is 2.54. The van der Waals surface area contributed by atoms with Crippen molar-refractivity contribution in [3.63, 3.8) is 0 Å². The number of hydrogen-bond acceptors (Lipinski definition) is 2. The van der Waals surface area contributed by atoms with E-state index in [0.717, 1.165) is 44.9 Å². The molecule has 0 saturated heterocycles. The molecule has 0 aromatic carbocycles. The molecule has 96 valence electrons. The molecule has 0 bridgehead atoms. The van der Waals surface area contributed by atoms with Crippen molar-refractivity contribution < 1.29 is 5.11 Å². The van der Waals surface area contributed by atoms with Gasteiger partial charge >= 0.3 is 0 Å².